The van der Waals surface area contributed by atoms with E-state index in [-0.39, 0.29) is 5.91 Å². The third-order valence-corrected chi connectivity index (χ3v) is 5.64. The van der Waals surface area contributed by atoms with Gasteiger partial charge in [0.1, 0.15) is 0 Å². The zero-order valence-electron chi connectivity index (χ0n) is 12.2. The lowest BCUT2D eigenvalue weighted by Gasteiger charge is -2.30. The van der Waals surface area contributed by atoms with Gasteiger partial charge in [0.05, 0.1) is 6.54 Å². The SMILES string of the molecule is C[C@@H](NC(=O)CN1CCCCC1)[C@H]1C[C@H]2CC[C@H]1C2. The molecular formula is C16H28N2O. The van der Waals surface area contributed by atoms with Crippen molar-refractivity contribution in [2.45, 2.75) is 57.9 Å². The number of hydrogen-bond acceptors (Lipinski definition) is 2. The van der Waals surface area contributed by atoms with Gasteiger partial charge in [-0.3, -0.25) is 9.69 Å². The Morgan fingerprint density at radius 1 is 1.21 bits per heavy atom. The summed E-state index contributed by atoms with van der Waals surface area (Å²) < 4.78 is 0. The maximum Gasteiger partial charge on any atom is 0.234 e. The minimum absolute atomic E-state index is 0.247. The summed E-state index contributed by atoms with van der Waals surface area (Å²) in [7, 11) is 0. The number of hydrogen-bond donors (Lipinski definition) is 1. The first-order valence-corrected chi connectivity index (χ1v) is 8.24. The Hall–Kier alpha value is -0.570. The largest absolute Gasteiger partial charge is 0.352 e. The summed E-state index contributed by atoms with van der Waals surface area (Å²) in [4.78, 5) is 14.4. The molecule has 2 bridgehead atoms. The lowest BCUT2D eigenvalue weighted by molar-refractivity contribution is -0.123. The van der Waals surface area contributed by atoms with Crippen LogP contribution in [0.5, 0.6) is 0 Å². The zero-order chi connectivity index (χ0) is 13.2. The average molecular weight is 264 g/mol. The first-order valence-electron chi connectivity index (χ1n) is 8.24. The fraction of sp³-hybridized carbons (Fsp3) is 0.938. The number of amides is 1. The normalized spacial score (nSPS) is 36.4. The van der Waals surface area contributed by atoms with Crippen molar-refractivity contribution in [1.29, 1.82) is 0 Å². The van der Waals surface area contributed by atoms with Crippen LogP contribution >= 0.6 is 0 Å². The van der Waals surface area contributed by atoms with Gasteiger partial charge in [0, 0.05) is 6.04 Å². The first kappa shape index (κ1) is 13.4. The molecule has 0 unspecified atom stereocenters. The van der Waals surface area contributed by atoms with Crippen LogP contribution < -0.4 is 5.32 Å². The molecule has 108 valence electrons. The number of likely N-dealkylation sites (tertiary alicyclic amines) is 1. The van der Waals surface area contributed by atoms with Crippen LogP contribution in [0, 0.1) is 17.8 Å². The van der Waals surface area contributed by atoms with Crippen LogP contribution in [0.4, 0.5) is 0 Å². The number of nitrogens with one attached hydrogen (secondary N) is 1. The number of nitrogens with zero attached hydrogens (tertiary/aromatic N) is 1. The standard InChI is InChI=1S/C16H28N2O/c1-12(15-10-13-5-6-14(15)9-13)17-16(19)11-18-7-3-2-4-8-18/h12-15H,2-11H2,1H3,(H,17,19)/t12-,13+,14+,15-/m1/s1. The van der Waals surface area contributed by atoms with Gasteiger partial charge in [-0.2, -0.15) is 0 Å². The van der Waals surface area contributed by atoms with E-state index in [9.17, 15) is 4.79 Å². The van der Waals surface area contributed by atoms with E-state index >= 15 is 0 Å². The maximum absolute atomic E-state index is 12.1. The molecule has 1 saturated heterocycles. The van der Waals surface area contributed by atoms with E-state index in [1.54, 1.807) is 0 Å². The Morgan fingerprint density at radius 2 is 2.00 bits per heavy atom. The molecule has 3 rings (SSSR count). The van der Waals surface area contributed by atoms with Crippen molar-refractivity contribution in [2.24, 2.45) is 17.8 Å². The summed E-state index contributed by atoms with van der Waals surface area (Å²) in [6.45, 7) is 5.05. The molecule has 1 amide bonds. The predicted octanol–water partition coefficient (Wildman–Crippen LogP) is 2.41. The Bertz CT molecular complexity index is 325. The molecule has 1 heterocycles. The summed E-state index contributed by atoms with van der Waals surface area (Å²) in [6.07, 6.45) is 9.48. The van der Waals surface area contributed by atoms with Gasteiger partial charge in [-0.15, -0.1) is 0 Å². The van der Waals surface area contributed by atoms with E-state index in [0.29, 0.717) is 12.6 Å². The Morgan fingerprint density at radius 3 is 2.63 bits per heavy atom. The molecule has 0 radical (unpaired) electrons. The molecule has 1 N–H and O–H groups in total. The van der Waals surface area contributed by atoms with Crippen LogP contribution in [0.1, 0.15) is 51.9 Å². The van der Waals surface area contributed by atoms with E-state index in [1.165, 1.54) is 44.9 Å². The second-order valence-electron chi connectivity index (χ2n) is 7.03. The zero-order valence-corrected chi connectivity index (χ0v) is 12.2. The monoisotopic (exact) mass is 264 g/mol. The molecule has 3 fully saturated rings. The van der Waals surface area contributed by atoms with Crippen molar-refractivity contribution in [3.63, 3.8) is 0 Å². The van der Waals surface area contributed by atoms with E-state index in [0.717, 1.165) is 30.8 Å². The Balaban J connectivity index is 1.43. The summed E-state index contributed by atoms with van der Waals surface area (Å²) in [5, 5.41) is 3.27. The highest BCUT2D eigenvalue weighted by molar-refractivity contribution is 5.78. The van der Waals surface area contributed by atoms with E-state index < -0.39 is 0 Å². The fourth-order valence-electron chi connectivity index (χ4n) is 4.63. The minimum atomic E-state index is 0.247. The molecule has 0 aromatic rings. The van der Waals surface area contributed by atoms with Crippen molar-refractivity contribution < 1.29 is 4.79 Å². The molecule has 3 aliphatic rings. The number of rotatable bonds is 4. The lowest BCUT2D eigenvalue weighted by atomic mass is 9.84. The quantitative estimate of drug-likeness (QED) is 0.845. The van der Waals surface area contributed by atoms with Gasteiger partial charge in [0.15, 0.2) is 0 Å². The summed E-state index contributed by atoms with van der Waals surface area (Å²) in [5.41, 5.74) is 0. The van der Waals surface area contributed by atoms with Crippen LogP contribution in [0.3, 0.4) is 0 Å². The van der Waals surface area contributed by atoms with Crippen molar-refractivity contribution in [1.82, 2.24) is 10.2 Å². The highest BCUT2D eigenvalue weighted by atomic mass is 16.2. The third-order valence-electron chi connectivity index (χ3n) is 5.64. The molecule has 3 nitrogen and oxygen atoms in total. The van der Waals surface area contributed by atoms with Crippen molar-refractivity contribution in [2.75, 3.05) is 19.6 Å². The summed E-state index contributed by atoms with van der Waals surface area (Å²) in [6, 6.07) is 0.382. The highest BCUT2D eigenvalue weighted by Crippen LogP contribution is 2.49. The van der Waals surface area contributed by atoms with Crippen LogP contribution in [-0.2, 0) is 4.79 Å². The van der Waals surface area contributed by atoms with E-state index in [1.807, 2.05) is 0 Å². The van der Waals surface area contributed by atoms with Crippen molar-refractivity contribution in [3.05, 3.63) is 0 Å². The number of piperidine rings is 1. The van der Waals surface area contributed by atoms with Gasteiger partial charge < -0.3 is 5.32 Å². The van der Waals surface area contributed by atoms with Crippen LogP contribution in [0.2, 0.25) is 0 Å². The molecule has 0 aromatic carbocycles. The Labute approximate surface area is 117 Å². The smallest absolute Gasteiger partial charge is 0.234 e. The van der Waals surface area contributed by atoms with Crippen LogP contribution in [0.25, 0.3) is 0 Å². The van der Waals surface area contributed by atoms with E-state index in [2.05, 4.69) is 17.1 Å². The molecule has 2 aliphatic carbocycles. The first-order chi connectivity index (χ1) is 9.22. The van der Waals surface area contributed by atoms with Gasteiger partial charge in [-0.05, 0) is 69.9 Å². The second-order valence-corrected chi connectivity index (χ2v) is 7.03. The average Bonchev–Trinajstić information content (AvgIpc) is 3.02. The van der Waals surface area contributed by atoms with Gasteiger partial charge in [0.25, 0.3) is 0 Å². The van der Waals surface area contributed by atoms with Crippen molar-refractivity contribution >= 4 is 5.91 Å². The molecule has 3 heteroatoms. The number of carbonyl (C=O) groups is 1. The molecule has 0 spiro atoms. The molecule has 1 aliphatic heterocycles. The van der Waals surface area contributed by atoms with Crippen LogP contribution in [0.15, 0.2) is 0 Å². The van der Waals surface area contributed by atoms with Gasteiger partial charge in [-0.1, -0.05) is 12.8 Å². The number of carbonyl (C=O) groups excluding carboxylic acids is 1. The van der Waals surface area contributed by atoms with Crippen LogP contribution in [-0.4, -0.2) is 36.5 Å². The number of fused-ring (bicyclic) bond motifs is 2. The maximum atomic E-state index is 12.1. The fourth-order valence-corrected chi connectivity index (χ4v) is 4.63. The van der Waals surface area contributed by atoms with Gasteiger partial charge in [-0.25, -0.2) is 0 Å². The third kappa shape index (κ3) is 3.13. The van der Waals surface area contributed by atoms with E-state index in [4.69, 9.17) is 0 Å². The molecule has 19 heavy (non-hydrogen) atoms. The summed E-state index contributed by atoms with van der Waals surface area (Å²) in [5.74, 6) is 2.87. The lowest BCUT2D eigenvalue weighted by Crippen LogP contribution is -2.45. The van der Waals surface area contributed by atoms with Crippen molar-refractivity contribution in [3.8, 4) is 0 Å². The van der Waals surface area contributed by atoms with Gasteiger partial charge >= 0.3 is 0 Å². The topological polar surface area (TPSA) is 32.3 Å². The second kappa shape index (κ2) is 5.82. The molecule has 4 atom stereocenters. The molecular weight excluding hydrogens is 236 g/mol. The predicted molar refractivity (Wildman–Crippen MR) is 76.8 cm³/mol. The molecule has 2 saturated carbocycles. The van der Waals surface area contributed by atoms with Gasteiger partial charge in [0.2, 0.25) is 5.91 Å². The molecule has 0 aromatic heterocycles. The highest BCUT2D eigenvalue weighted by Gasteiger charge is 2.42. The minimum Gasteiger partial charge on any atom is -0.352 e. The Kier molecular flexibility index (Phi) is 4.11. The summed E-state index contributed by atoms with van der Waals surface area (Å²) >= 11 is 0.